The second kappa shape index (κ2) is 30.7. The molecule has 0 aliphatic heterocycles. The summed E-state index contributed by atoms with van der Waals surface area (Å²) in [5.74, 6) is -0.0992. The molecule has 0 heterocycles. The van der Waals surface area contributed by atoms with Gasteiger partial charge in [0.1, 0.15) is 11.0 Å². The lowest BCUT2D eigenvalue weighted by molar-refractivity contribution is -0.121. The van der Waals surface area contributed by atoms with Gasteiger partial charge in [-0.3, -0.25) is 9.59 Å². The Bertz CT molecular complexity index is 634. The maximum absolute atomic E-state index is 11.7. The molecule has 0 bridgehead atoms. The van der Waals surface area contributed by atoms with E-state index in [2.05, 4.69) is 32.8 Å². The van der Waals surface area contributed by atoms with Crippen molar-refractivity contribution in [3.63, 3.8) is 0 Å². The first-order valence-corrected chi connectivity index (χ1v) is 13.2. The standard InChI is InChI=1S/C12H26ClN7O.C9H17NO.2C2H6/c1-3-20(6-4-17-2)7-5-18-10(21)8-9(14)19-12(16)11(13)15;1-4-8(3)6-7-9(11)10-5-2;2*1-2/h17H,3-8,15-16H2,1-2H3,(H2,14,19)(H,18,21);4H,5-7H2,1-3H3,(H,10,11);2*1-2H3/b12-11-;8-4+;;. The Morgan fingerprint density at radius 1 is 0.944 bits per heavy atom. The molecule has 0 fully saturated rings. The molecule has 0 saturated carbocycles. The fourth-order valence-electron chi connectivity index (χ4n) is 2.27. The zero-order valence-electron chi connectivity index (χ0n) is 24.3. The Balaban J connectivity index is -0.000000287. The number of likely N-dealkylation sites (N-methyl/N-ethyl adjacent to an activating group) is 2. The second-order valence-corrected chi connectivity index (χ2v) is 7.40. The van der Waals surface area contributed by atoms with Crippen LogP contribution in [0.4, 0.5) is 0 Å². The highest BCUT2D eigenvalue weighted by molar-refractivity contribution is 6.29. The number of carbonyl (C=O) groups excluding carboxylic acids is 2. The van der Waals surface area contributed by atoms with Gasteiger partial charge in [-0.25, -0.2) is 4.99 Å². The maximum Gasteiger partial charge on any atom is 0.227 e. The third-order valence-corrected chi connectivity index (χ3v) is 4.53. The summed E-state index contributed by atoms with van der Waals surface area (Å²) < 4.78 is 0. The molecule has 214 valence electrons. The van der Waals surface area contributed by atoms with Gasteiger partial charge < -0.3 is 38.1 Å². The maximum atomic E-state index is 11.7. The van der Waals surface area contributed by atoms with Crippen LogP contribution in [0.3, 0.4) is 0 Å². The summed E-state index contributed by atoms with van der Waals surface area (Å²) >= 11 is 5.44. The van der Waals surface area contributed by atoms with E-state index in [4.69, 9.17) is 28.8 Å². The van der Waals surface area contributed by atoms with Crippen molar-refractivity contribution in [3.8, 4) is 0 Å². The first-order valence-electron chi connectivity index (χ1n) is 12.9. The van der Waals surface area contributed by atoms with Gasteiger partial charge in [-0.1, -0.05) is 57.9 Å². The zero-order valence-corrected chi connectivity index (χ0v) is 25.0. The van der Waals surface area contributed by atoms with Gasteiger partial charge >= 0.3 is 0 Å². The van der Waals surface area contributed by atoms with Gasteiger partial charge in [0, 0.05) is 39.1 Å². The van der Waals surface area contributed by atoms with E-state index >= 15 is 0 Å². The summed E-state index contributed by atoms with van der Waals surface area (Å²) in [7, 11) is 1.91. The monoisotopic (exact) mass is 534 g/mol. The molecule has 10 nitrogen and oxygen atoms in total. The average Bonchev–Trinajstić information content (AvgIpc) is 2.87. The summed E-state index contributed by atoms with van der Waals surface area (Å²) in [6.07, 6.45) is 3.49. The van der Waals surface area contributed by atoms with E-state index in [0.29, 0.717) is 13.0 Å². The van der Waals surface area contributed by atoms with E-state index in [1.165, 1.54) is 5.57 Å². The van der Waals surface area contributed by atoms with Crippen molar-refractivity contribution >= 4 is 29.3 Å². The van der Waals surface area contributed by atoms with Crippen LogP contribution in [-0.2, 0) is 9.59 Å². The van der Waals surface area contributed by atoms with Crippen LogP contribution in [0.25, 0.3) is 0 Å². The molecule has 0 aromatic carbocycles. The first-order chi connectivity index (χ1) is 17.1. The van der Waals surface area contributed by atoms with Crippen molar-refractivity contribution < 1.29 is 9.59 Å². The SMILES string of the molecule is C/C=C(\C)CCC(=O)NCC.CC.CC.CCN(CCNC)CCNC(=O)C/C(N)=N\C(N)=C(/N)Cl. The van der Waals surface area contributed by atoms with E-state index in [-0.39, 0.29) is 35.0 Å². The Kier molecular flexibility index (Phi) is 34.9. The van der Waals surface area contributed by atoms with Crippen LogP contribution in [-0.4, -0.2) is 68.9 Å². The molecule has 0 aromatic rings. The Morgan fingerprint density at radius 2 is 1.50 bits per heavy atom. The highest BCUT2D eigenvalue weighted by Gasteiger charge is 2.07. The van der Waals surface area contributed by atoms with Crippen LogP contribution in [0.5, 0.6) is 0 Å². The number of nitrogens with two attached hydrogens (primary N) is 3. The van der Waals surface area contributed by atoms with Crippen molar-refractivity contribution in [1.82, 2.24) is 20.9 Å². The number of amides is 2. The molecule has 0 atom stereocenters. The molecule has 0 aromatic heterocycles. The summed E-state index contributed by atoms with van der Waals surface area (Å²) in [5.41, 5.74) is 17.5. The molecule has 0 aliphatic carbocycles. The number of nitrogens with zero attached hydrogens (tertiary/aromatic N) is 2. The van der Waals surface area contributed by atoms with Crippen molar-refractivity contribution in [2.24, 2.45) is 22.2 Å². The number of halogens is 1. The van der Waals surface area contributed by atoms with Crippen LogP contribution in [0.15, 0.2) is 27.6 Å². The Labute approximate surface area is 225 Å². The molecule has 0 spiro atoms. The van der Waals surface area contributed by atoms with E-state index < -0.39 is 0 Å². The summed E-state index contributed by atoms with van der Waals surface area (Å²) in [6.45, 7) is 20.9. The predicted molar refractivity (Wildman–Crippen MR) is 157 cm³/mol. The second-order valence-electron chi connectivity index (χ2n) is 6.99. The van der Waals surface area contributed by atoms with Crippen LogP contribution < -0.4 is 33.2 Å². The van der Waals surface area contributed by atoms with Gasteiger partial charge in [-0.2, -0.15) is 0 Å². The Hall–Kier alpha value is -2.30. The molecule has 0 aliphatic rings. The average molecular weight is 535 g/mol. The summed E-state index contributed by atoms with van der Waals surface area (Å²) in [5, 5.41) is 8.47. The van der Waals surface area contributed by atoms with Gasteiger partial charge in [0.2, 0.25) is 11.8 Å². The highest BCUT2D eigenvalue weighted by Crippen LogP contribution is 2.02. The van der Waals surface area contributed by atoms with Crippen molar-refractivity contribution in [1.29, 1.82) is 0 Å². The smallest absolute Gasteiger partial charge is 0.227 e. The van der Waals surface area contributed by atoms with Gasteiger partial charge in [0.15, 0.2) is 5.82 Å². The molecule has 0 unspecified atom stereocenters. The largest absolute Gasteiger partial charge is 0.387 e. The number of hydrogen-bond donors (Lipinski definition) is 6. The van der Waals surface area contributed by atoms with E-state index in [1.54, 1.807) is 0 Å². The summed E-state index contributed by atoms with van der Waals surface area (Å²) in [6, 6.07) is 0. The third kappa shape index (κ3) is 29.7. The lowest BCUT2D eigenvalue weighted by atomic mass is 10.1. The number of aliphatic imine (C=N–C) groups is 1. The quantitative estimate of drug-likeness (QED) is 0.0862. The zero-order chi connectivity index (χ0) is 28.9. The van der Waals surface area contributed by atoms with E-state index in [9.17, 15) is 9.59 Å². The van der Waals surface area contributed by atoms with Gasteiger partial charge in [0.05, 0.1) is 6.42 Å². The number of hydrogen-bond acceptors (Lipinski definition) is 7. The van der Waals surface area contributed by atoms with E-state index in [0.717, 1.165) is 39.1 Å². The number of amidine groups is 1. The first kappa shape index (κ1) is 40.9. The van der Waals surface area contributed by atoms with Crippen LogP contribution in [0, 0.1) is 0 Å². The third-order valence-electron chi connectivity index (χ3n) is 4.34. The fraction of sp³-hybridized carbons (Fsp3) is 0.720. The number of nitrogens with one attached hydrogen (secondary N) is 3. The van der Waals surface area contributed by atoms with E-state index in [1.807, 2.05) is 61.6 Å². The molecule has 0 radical (unpaired) electrons. The van der Waals surface area contributed by atoms with Gasteiger partial charge in [-0.15, -0.1) is 0 Å². The van der Waals surface area contributed by atoms with Crippen LogP contribution in [0.2, 0.25) is 0 Å². The number of carbonyl (C=O) groups is 2. The lowest BCUT2D eigenvalue weighted by Gasteiger charge is -2.20. The van der Waals surface area contributed by atoms with Crippen molar-refractivity contribution in [2.75, 3.05) is 46.3 Å². The minimum absolute atomic E-state index is 0.0481. The molecular weight excluding hydrogens is 480 g/mol. The topological polar surface area (TPSA) is 164 Å². The molecule has 36 heavy (non-hydrogen) atoms. The number of rotatable bonds is 14. The molecule has 11 heteroatoms. The fourth-order valence-corrected chi connectivity index (χ4v) is 2.31. The minimum Gasteiger partial charge on any atom is -0.387 e. The normalized spacial score (nSPS) is 11.5. The molecule has 9 N–H and O–H groups in total. The molecular formula is C25H55ClN8O2. The lowest BCUT2D eigenvalue weighted by Crippen LogP contribution is -2.38. The Morgan fingerprint density at radius 3 is 1.94 bits per heavy atom. The van der Waals surface area contributed by atoms with Crippen molar-refractivity contribution in [2.45, 2.75) is 74.7 Å². The van der Waals surface area contributed by atoms with Gasteiger partial charge in [-0.05, 0) is 40.8 Å². The minimum atomic E-state index is -0.220. The number of allylic oxidation sites excluding steroid dienone is 2. The van der Waals surface area contributed by atoms with Crippen molar-refractivity contribution in [3.05, 3.63) is 22.6 Å². The van der Waals surface area contributed by atoms with Crippen LogP contribution in [0.1, 0.15) is 74.7 Å². The molecule has 0 rings (SSSR count). The molecule has 0 saturated heterocycles. The van der Waals surface area contributed by atoms with Crippen LogP contribution >= 0.6 is 11.6 Å². The van der Waals surface area contributed by atoms with Gasteiger partial charge in [0.25, 0.3) is 0 Å². The summed E-state index contributed by atoms with van der Waals surface area (Å²) in [4.78, 5) is 28.5. The highest BCUT2D eigenvalue weighted by atomic mass is 35.5. The predicted octanol–water partition coefficient (Wildman–Crippen LogP) is 2.60. The molecule has 2 amide bonds.